The van der Waals surface area contributed by atoms with Gasteiger partial charge in [-0.2, -0.15) is 0 Å². The predicted molar refractivity (Wildman–Crippen MR) is 57.7 cm³/mol. The van der Waals surface area contributed by atoms with Crippen LogP contribution in [-0.2, 0) is 4.74 Å². The minimum absolute atomic E-state index is 0.298. The number of alkyl carbamates (subject to hydrolysis) is 1. The van der Waals surface area contributed by atoms with Gasteiger partial charge in [-0.1, -0.05) is 36.4 Å². The van der Waals surface area contributed by atoms with Crippen molar-refractivity contribution in [1.29, 1.82) is 0 Å². The van der Waals surface area contributed by atoms with Crippen LogP contribution in [-0.4, -0.2) is 23.7 Å². The van der Waals surface area contributed by atoms with Crippen LogP contribution in [0, 0.1) is 5.92 Å². The number of ether oxygens (including phenoxy) is 1. The molecule has 3 nitrogen and oxygen atoms in total. The molecular formula is C8H16INO2. The Bertz CT molecular complexity index is 128. The van der Waals surface area contributed by atoms with E-state index >= 15 is 0 Å². The molecule has 0 fully saturated rings. The lowest BCUT2D eigenvalue weighted by Crippen LogP contribution is -2.28. The summed E-state index contributed by atoms with van der Waals surface area (Å²) in [5, 5.41) is 2.68. The zero-order chi connectivity index (χ0) is 9.40. The number of carbonyl (C=O) groups is 1. The third-order valence-electron chi connectivity index (χ3n) is 1.17. The molecule has 72 valence electrons. The zero-order valence-corrected chi connectivity index (χ0v) is 9.76. The van der Waals surface area contributed by atoms with Gasteiger partial charge in [-0.3, -0.25) is 0 Å². The van der Waals surface area contributed by atoms with Crippen molar-refractivity contribution in [3.05, 3.63) is 0 Å². The smallest absolute Gasteiger partial charge is 0.407 e. The molecule has 1 amide bonds. The van der Waals surface area contributed by atoms with Gasteiger partial charge in [0.2, 0.25) is 0 Å². The second kappa shape index (κ2) is 7.64. The Labute approximate surface area is 87.4 Å². The molecule has 0 aromatic rings. The second-order valence-corrected chi connectivity index (χ2v) is 4.03. The van der Waals surface area contributed by atoms with Gasteiger partial charge < -0.3 is 10.1 Å². The fraction of sp³-hybridized carbons (Fsp3) is 0.875. The largest absolute Gasteiger partial charge is 0.450 e. The highest BCUT2D eigenvalue weighted by atomic mass is 127. The molecule has 1 N–H and O–H groups in total. The van der Waals surface area contributed by atoms with E-state index in [-0.39, 0.29) is 6.09 Å². The number of nitrogens with one attached hydrogen (secondary N) is 1. The summed E-state index contributed by atoms with van der Waals surface area (Å²) in [6.45, 7) is 5.30. The molecule has 0 aliphatic carbocycles. The maximum absolute atomic E-state index is 10.9. The van der Waals surface area contributed by atoms with E-state index in [9.17, 15) is 4.79 Å². The third-order valence-corrected chi connectivity index (χ3v) is 1.93. The van der Waals surface area contributed by atoms with E-state index in [1.165, 1.54) is 0 Å². The average molecular weight is 285 g/mol. The Hall–Kier alpha value is 0. The quantitative estimate of drug-likeness (QED) is 0.478. The summed E-state index contributed by atoms with van der Waals surface area (Å²) in [7, 11) is 0. The van der Waals surface area contributed by atoms with Crippen LogP contribution >= 0.6 is 22.6 Å². The van der Waals surface area contributed by atoms with Crippen LogP contribution in [0.5, 0.6) is 0 Å². The fourth-order valence-electron chi connectivity index (χ4n) is 0.558. The monoisotopic (exact) mass is 285 g/mol. The molecule has 0 bridgehead atoms. The Balaban J connectivity index is 3.22. The molecule has 0 saturated heterocycles. The van der Waals surface area contributed by atoms with Crippen molar-refractivity contribution in [3.8, 4) is 0 Å². The van der Waals surface area contributed by atoms with Gasteiger partial charge in [0.1, 0.15) is 0 Å². The fourth-order valence-corrected chi connectivity index (χ4v) is 0.869. The molecule has 0 aliphatic rings. The number of rotatable bonds is 5. The van der Waals surface area contributed by atoms with Gasteiger partial charge in [0.15, 0.2) is 0 Å². The number of alkyl halides is 1. The molecular weight excluding hydrogens is 269 g/mol. The van der Waals surface area contributed by atoms with Crippen molar-refractivity contribution < 1.29 is 9.53 Å². The van der Waals surface area contributed by atoms with Crippen LogP contribution in [0.15, 0.2) is 0 Å². The van der Waals surface area contributed by atoms with Crippen molar-refractivity contribution in [2.75, 3.05) is 17.6 Å². The molecule has 0 spiro atoms. The van der Waals surface area contributed by atoms with Crippen molar-refractivity contribution in [2.24, 2.45) is 5.92 Å². The number of amides is 1. The topological polar surface area (TPSA) is 38.3 Å². The first-order valence-electron chi connectivity index (χ1n) is 4.13. The van der Waals surface area contributed by atoms with Crippen molar-refractivity contribution in [3.63, 3.8) is 0 Å². The van der Waals surface area contributed by atoms with E-state index in [0.717, 1.165) is 10.8 Å². The molecule has 0 aromatic carbocycles. The van der Waals surface area contributed by atoms with E-state index < -0.39 is 0 Å². The number of halogens is 1. The van der Waals surface area contributed by atoms with Gasteiger partial charge >= 0.3 is 6.09 Å². The molecule has 0 unspecified atom stereocenters. The molecule has 4 heteroatoms. The average Bonchev–Trinajstić information content (AvgIpc) is 2.01. The van der Waals surface area contributed by atoms with E-state index in [1.807, 2.05) is 13.8 Å². The molecule has 12 heavy (non-hydrogen) atoms. The standard InChI is InChI=1S/C8H16INO2/c1-7(2)6-10-8(11)12-5-3-4-9/h7H,3-6H2,1-2H3,(H,10,11). The minimum atomic E-state index is -0.298. The second-order valence-electron chi connectivity index (χ2n) is 2.95. The Morgan fingerprint density at radius 2 is 2.25 bits per heavy atom. The lowest BCUT2D eigenvalue weighted by molar-refractivity contribution is 0.145. The van der Waals surface area contributed by atoms with Crippen LogP contribution in [0.2, 0.25) is 0 Å². The first kappa shape index (κ1) is 12.0. The summed E-state index contributed by atoms with van der Waals surface area (Å²) in [6.07, 6.45) is 0.629. The van der Waals surface area contributed by atoms with Gasteiger partial charge in [-0.25, -0.2) is 4.79 Å². The highest BCUT2D eigenvalue weighted by Gasteiger charge is 2.01. The number of hydrogen-bond acceptors (Lipinski definition) is 2. The van der Waals surface area contributed by atoms with Crippen LogP contribution in [0.25, 0.3) is 0 Å². The van der Waals surface area contributed by atoms with E-state index in [0.29, 0.717) is 19.1 Å². The van der Waals surface area contributed by atoms with Crippen molar-refractivity contribution in [2.45, 2.75) is 20.3 Å². The number of hydrogen-bond donors (Lipinski definition) is 1. The lowest BCUT2D eigenvalue weighted by Gasteiger charge is -2.07. The molecule has 0 aliphatic heterocycles. The summed E-state index contributed by atoms with van der Waals surface area (Å²) in [6, 6.07) is 0. The predicted octanol–water partition coefficient (Wildman–Crippen LogP) is 2.19. The maximum Gasteiger partial charge on any atom is 0.407 e. The highest BCUT2D eigenvalue weighted by molar-refractivity contribution is 14.1. The van der Waals surface area contributed by atoms with Gasteiger partial charge in [-0.15, -0.1) is 0 Å². The lowest BCUT2D eigenvalue weighted by atomic mass is 10.2. The van der Waals surface area contributed by atoms with Gasteiger partial charge in [-0.05, 0) is 12.3 Å². The van der Waals surface area contributed by atoms with Crippen LogP contribution in [0.4, 0.5) is 4.79 Å². The van der Waals surface area contributed by atoms with E-state index in [2.05, 4.69) is 27.9 Å². The van der Waals surface area contributed by atoms with E-state index in [1.54, 1.807) is 0 Å². The zero-order valence-electron chi connectivity index (χ0n) is 7.60. The summed E-state index contributed by atoms with van der Waals surface area (Å²) in [5.41, 5.74) is 0. The molecule has 0 saturated carbocycles. The highest BCUT2D eigenvalue weighted by Crippen LogP contribution is 1.91. The minimum Gasteiger partial charge on any atom is -0.450 e. The molecule has 0 radical (unpaired) electrons. The summed E-state index contributed by atoms with van der Waals surface area (Å²) in [5.74, 6) is 0.474. The summed E-state index contributed by atoms with van der Waals surface area (Å²) >= 11 is 2.25. The first-order valence-corrected chi connectivity index (χ1v) is 5.66. The first-order chi connectivity index (χ1) is 5.66. The van der Waals surface area contributed by atoms with Crippen molar-refractivity contribution in [1.82, 2.24) is 5.32 Å². The van der Waals surface area contributed by atoms with Gasteiger partial charge in [0.25, 0.3) is 0 Å². The van der Waals surface area contributed by atoms with Crippen molar-refractivity contribution >= 4 is 28.7 Å². The summed E-state index contributed by atoms with van der Waals surface area (Å²) < 4.78 is 5.90. The Kier molecular flexibility index (Phi) is 7.64. The van der Waals surface area contributed by atoms with Gasteiger partial charge in [0.05, 0.1) is 6.61 Å². The Morgan fingerprint density at radius 3 is 2.75 bits per heavy atom. The molecule has 0 aromatic heterocycles. The van der Waals surface area contributed by atoms with Crippen LogP contribution < -0.4 is 5.32 Å². The SMILES string of the molecule is CC(C)CNC(=O)OCCCI. The van der Waals surface area contributed by atoms with E-state index in [4.69, 9.17) is 4.74 Å². The molecule has 0 heterocycles. The molecule has 0 rings (SSSR count). The number of carbonyl (C=O) groups excluding carboxylic acids is 1. The third kappa shape index (κ3) is 8.10. The summed E-state index contributed by atoms with van der Waals surface area (Å²) in [4.78, 5) is 10.9. The van der Waals surface area contributed by atoms with Gasteiger partial charge in [0, 0.05) is 11.0 Å². The molecule has 0 atom stereocenters. The maximum atomic E-state index is 10.9. The van der Waals surface area contributed by atoms with Crippen LogP contribution in [0.3, 0.4) is 0 Å². The van der Waals surface area contributed by atoms with Crippen LogP contribution in [0.1, 0.15) is 20.3 Å². The normalized spacial score (nSPS) is 10.0. The Morgan fingerprint density at radius 1 is 1.58 bits per heavy atom.